The molecule has 0 spiro atoms. The number of ether oxygens (including phenoxy) is 4. The summed E-state index contributed by atoms with van der Waals surface area (Å²) in [5, 5.41) is 3.01. The van der Waals surface area contributed by atoms with E-state index in [4.69, 9.17) is 30.5 Å². The van der Waals surface area contributed by atoms with Gasteiger partial charge >= 0.3 is 5.97 Å². The second-order valence-corrected chi connectivity index (χ2v) is 6.46. The van der Waals surface area contributed by atoms with Gasteiger partial charge in [-0.1, -0.05) is 11.6 Å². The highest BCUT2D eigenvalue weighted by atomic mass is 35.5. The van der Waals surface area contributed by atoms with Gasteiger partial charge in [0.15, 0.2) is 6.10 Å². The molecule has 2 aromatic carbocycles. The molecule has 8 heteroatoms. The predicted molar refractivity (Wildman–Crippen MR) is 110 cm³/mol. The van der Waals surface area contributed by atoms with Crippen molar-refractivity contribution in [1.29, 1.82) is 0 Å². The Kier molecular flexibility index (Phi) is 8.30. The molecule has 0 bridgehead atoms. The smallest absolute Gasteiger partial charge is 0.338 e. The van der Waals surface area contributed by atoms with E-state index in [1.165, 1.54) is 14.0 Å². The first-order chi connectivity index (χ1) is 13.9. The van der Waals surface area contributed by atoms with Crippen molar-refractivity contribution in [3.05, 3.63) is 52.5 Å². The second kappa shape index (κ2) is 10.7. The van der Waals surface area contributed by atoms with Crippen molar-refractivity contribution >= 4 is 29.2 Å². The Morgan fingerprint density at radius 3 is 2.38 bits per heavy atom. The van der Waals surface area contributed by atoms with Crippen LogP contribution in [0.2, 0.25) is 5.02 Å². The molecular weight excluding hydrogens is 398 g/mol. The zero-order valence-corrected chi connectivity index (χ0v) is 17.5. The molecule has 0 fully saturated rings. The van der Waals surface area contributed by atoms with Gasteiger partial charge in [0.2, 0.25) is 0 Å². The number of hydrogen-bond donors (Lipinski definition) is 1. The van der Waals surface area contributed by atoms with Gasteiger partial charge in [-0.05, 0) is 50.2 Å². The van der Waals surface area contributed by atoms with Gasteiger partial charge in [-0.2, -0.15) is 0 Å². The van der Waals surface area contributed by atoms with Gasteiger partial charge in [-0.3, -0.25) is 4.79 Å². The highest BCUT2D eigenvalue weighted by Crippen LogP contribution is 2.27. The maximum atomic E-state index is 12.5. The summed E-state index contributed by atoms with van der Waals surface area (Å²) in [5.41, 5.74) is 1.48. The molecule has 0 aliphatic heterocycles. The van der Waals surface area contributed by atoms with Gasteiger partial charge in [0.25, 0.3) is 5.91 Å². The number of hydrogen-bond acceptors (Lipinski definition) is 6. The number of rotatable bonds is 9. The fourth-order valence-corrected chi connectivity index (χ4v) is 2.76. The lowest BCUT2D eigenvalue weighted by Crippen LogP contribution is -2.30. The van der Waals surface area contributed by atoms with Gasteiger partial charge in [0, 0.05) is 17.9 Å². The van der Waals surface area contributed by atoms with E-state index in [1.807, 2.05) is 6.92 Å². The van der Waals surface area contributed by atoms with Crippen LogP contribution in [0.25, 0.3) is 0 Å². The van der Waals surface area contributed by atoms with E-state index in [0.717, 1.165) is 0 Å². The highest BCUT2D eigenvalue weighted by Gasteiger charge is 2.20. The first-order valence-corrected chi connectivity index (χ1v) is 9.37. The standard InChI is InChI=1S/C21H24ClNO6/c1-5-28-12-15-10-14(6-8-18(15)26-3)21(25)29-13(2)20(24)23-16-7-9-19(27-4)17(22)11-16/h6-11,13H,5,12H2,1-4H3,(H,23,24)/t13-/m0/s1. The van der Waals surface area contributed by atoms with E-state index in [-0.39, 0.29) is 0 Å². The summed E-state index contributed by atoms with van der Waals surface area (Å²) < 4.78 is 21.0. The first kappa shape index (κ1) is 22.5. The number of anilines is 1. The van der Waals surface area contributed by atoms with Crippen LogP contribution >= 0.6 is 11.6 Å². The molecule has 7 nitrogen and oxygen atoms in total. The number of esters is 1. The van der Waals surface area contributed by atoms with Crippen LogP contribution in [0.5, 0.6) is 11.5 Å². The normalized spacial score (nSPS) is 11.5. The zero-order chi connectivity index (χ0) is 21.4. The number of nitrogens with one attached hydrogen (secondary N) is 1. The van der Waals surface area contributed by atoms with Crippen molar-refractivity contribution in [2.75, 3.05) is 26.1 Å². The minimum absolute atomic E-state index is 0.299. The Balaban J connectivity index is 2.03. The lowest BCUT2D eigenvalue weighted by molar-refractivity contribution is -0.123. The molecule has 1 atom stereocenters. The molecule has 1 amide bonds. The number of benzene rings is 2. The predicted octanol–water partition coefficient (Wildman–Crippen LogP) is 4.08. The molecule has 0 aliphatic rings. The van der Waals surface area contributed by atoms with Crippen molar-refractivity contribution in [2.24, 2.45) is 0 Å². The molecule has 2 aromatic rings. The van der Waals surface area contributed by atoms with E-state index in [1.54, 1.807) is 43.5 Å². The monoisotopic (exact) mass is 421 g/mol. The lowest BCUT2D eigenvalue weighted by Gasteiger charge is -2.15. The quantitative estimate of drug-likeness (QED) is 0.614. The van der Waals surface area contributed by atoms with Gasteiger partial charge in [0.05, 0.1) is 31.4 Å². The van der Waals surface area contributed by atoms with E-state index in [2.05, 4.69) is 5.32 Å². The second-order valence-electron chi connectivity index (χ2n) is 6.05. The Bertz CT molecular complexity index is 870. The number of carbonyl (C=O) groups excluding carboxylic acids is 2. The Morgan fingerprint density at radius 2 is 1.76 bits per heavy atom. The summed E-state index contributed by atoms with van der Waals surface area (Å²) in [6.45, 7) is 4.20. The minimum Gasteiger partial charge on any atom is -0.496 e. The van der Waals surface area contributed by atoms with E-state index in [0.29, 0.717) is 46.5 Å². The van der Waals surface area contributed by atoms with Crippen LogP contribution in [0, 0.1) is 0 Å². The molecule has 29 heavy (non-hydrogen) atoms. The molecule has 0 saturated heterocycles. The topological polar surface area (TPSA) is 83.1 Å². The molecule has 0 unspecified atom stereocenters. The highest BCUT2D eigenvalue weighted by molar-refractivity contribution is 6.32. The summed E-state index contributed by atoms with van der Waals surface area (Å²) in [5.74, 6) is -0.00729. The molecule has 0 saturated carbocycles. The van der Waals surface area contributed by atoms with Crippen LogP contribution in [0.4, 0.5) is 5.69 Å². The van der Waals surface area contributed by atoms with E-state index in [9.17, 15) is 9.59 Å². The van der Waals surface area contributed by atoms with Crippen LogP contribution in [-0.2, 0) is 20.9 Å². The Morgan fingerprint density at radius 1 is 1.07 bits per heavy atom. The van der Waals surface area contributed by atoms with E-state index >= 15 is 0 Å². The number of methoxy groups -OCH3 is 2. The van der Waals surface area contributed by atoms with Gasteiger partial charge in [-0.15, -0.1) is 0 Å². The molecule has 0 radical (unpaired) electrons. The maximum absolute atomic E-state index is 12.5. The van der Waals surface area contributed by atoms with E-state index < -0.39 is 18.0 Å². The fourth-order valence-electron chi connectivity index (χ4n) is 2.50. The summed E-state index contributed by atoms with van der Waals surface area (Å²) in [6.07, 6.45) is -1.01. The van der Waals surface area contributed by atoms with Crippen molar-refractivity contribution < 1.29 is 28.5 Å². The van der Waals surface area contributed by atoms with Crippen LogP contribution in [-0.4, -0.2) is 38.8 Å². The van der Waals surface area contributed by atoms with Crippen LogP contribution in [0.3, 0.4) is 0 Å². The third-order valence-electron chi connectivity index (χ3n) is 4.05. The largest absolute Gasteiger partial charge is 0.496 e. The van der Waals surface area contributed by atoms with Crippen LogP contribution in [0.15, 0.2) is 36.4 Å². The molecular formula is C21H24ClNO6. The molecule has 0 aromatic heterocycles. The molecule has 0 heterocycles. The zero-order valence-electron chi connectivity index (χ0n) is 16.8. The number of carbonyl (C=O) groups is 2. The Hall–Kier alpha value is -2.77. The molecule has 0 aliphatic carbocycles. The number of halogens is 1. The summed E-state index contributed by atoms with van der Waals surface area (Å²) >= 11 is 6.05. The van der Waals surface area contributed by atoms with Gasteiger partial charge in [-0.25, -0.2) is 4.79 Å². The molecule has 2 rings (SSSR count). The third kappa shape index (κ3) is 6.10. The molecule has 156 valence electrons. The van der Waals surface area contributed by atoms with Crippen molar-refractivity contribution in [3.8, 4) is 11.5 Å². The number of amides is 1. The van der Waals surface area contributed by atoms with Gasteiger partial charge in [0.1, 0.15) is 11.5 Å². The lowest BCUT2D eigenvalue weighted by atomic mass is 10.1. The first-order valence-electron chi connectivity index (χ1n) is 8.99. The van der Waals surface area contributed by atoms with Crippen LogP contribution in [0.1, 0.15) is 29.8 Å². The summed E-state index contributed by atoms with van der Waals surface area (Å²) in [6, 6.07) is 9.69. The van der Waals surface area contributed by atoms with Gasteiger partial charge < -0.3 is 24.3 Å². The molecule has 1 N–H and O–H groups in total. The Labute approximate surface area is 174 Å². The summed E-state index contributed by atoms with van der Waals surface area (Å²) in [4.78, 5) is 24.8. The van der Waals surface area contributed by atoms with Crippen molar-refractivity contribution in [3.63, 3.8) is 0 Å². The SMILES string of the molecule is CCOCc1cc(C(=O)O[C@@H](C)C(=O)Nc2ccc(OC)c(Cl)c2)ccc1OC. The van der Waals surface area contributed by atoms with Crippen molar-refractivity contribution in [1.82, 2.24) is 0 Å². The minimum atomic E-state index is -1.01. The third-order valence-corrected chi connectivity index (χ3v) is 4.35. The fraction of sp³-hybridized carbons (Fsp3) is 0.333. The maximum Gasteiger partial charge on any atom is 0.338 e. The van der Waals surface area contributed by atoms with Crippen LogP contribution < -0.4 is 14.8 Å². The average Bonchev–Trinajstić information content (AvgIpc) is 2.71. The van der Waals surface area contributed by atoms with Crippen molar-refractivity contribution in [2.45, 2.75) is 26.6 Å². The average molecular weight is 422 g/mol. The summed E-state index contributed by atoms with van der Waals surface area (Å²) in [7, 11) is 3.04.